The quantitative estimate of drug-likeness (QED) is 0.646. The molecule has 1 N–H and O–H groups in total. The highest BCUT2D eigenvalue weighted by atomic mass is 19.1. The van der Waals surface area contributed by atoms with Crippen LogP contribution in [-0.4, -0.2) is 68.7 Å². The fourth-order valence-electron chi connectivity index (χ4n) is 4.08. The van der Waals surface area contributed by atoms with Crippen LogP contribution in [0.5, 0.6) is 11.5 Å². The van der Waals surface area contributed by atoms with Crippen LogP contribution in [0.3, 0.4) is 0 Å². The molecule has 1 heterocycles. The average molecular weight is 444 g/mol. The molecule has 1 aliphatic rings. The van der Waals surface area contributed by atoms with Crippen LogP contribution in [0, 0.1) is 5.82 Å². The highest BCUT2D eigenvalue weighted by molar-refractivity contribution is 5.81. The zero-order chi connectivity index (χ0) is 22.9. The van der Waals surface area contributed by atoms with Gasteiger partial charge in [0.05, 0.1) is 20.3 Å². The largest absolute Gasteiger partial charge is 0.493 e. The summed E-state index contributed by atoms with van der Waals surface area (Å²) in [4.78, 5) is 17.2. The molecule has 1 unspecified atom stereocenters. The molecule has 32 heavy (non-hydrogen) atoms. The van der Waals surface area contributed by atoms with Crippen LogP contribution in [0.1, 0.15) is 24.5 Å². The number of amides is 1. The first-order valence-corrected chi connectivity index (χ1v) is 11.2. The Morgan fingerprint density at radius 2 is 1.84 bits per heavy atom. The van der Waals surface area contributed by atoms with Gasteiger partial charge in [-0.25, -0.2) is 4.39 Å². The van der Waals surface area contributed by atoms with Gasteiger partial charge in [0.1, 0.15) is 5.82 Å². The molecule has 7 heteroatoms. The summed E-state index contributed by atoms with van der Waals surface area (Å²) in [5.41, 5.74) is 1.80. The molecule has 2 aromatic rings. The van der Waals surface area contributed by atoms with E-state index in [1.165, 1.54) is 6.07 Å². The first-order valence-electron chi connectivity index (χ1n) is 11.2. The Hall–Kier alpha value is -2.64. The number of methoxy groups -OCH3 is 2. The minimum Gasteiger partial charge on any atom is -0.493 e. The minimum atomic E-state index is -0.200. The Balaban J connectivity index is 1.46. The lowest BCUT2D eigenvalue weighted by atomic mass is 10.1. The van der Waals surface area contributed by atoms with Gasteiger partial charge in [-0.2, -0.15) is 0 Å². The maximum Gasteiger partial charge on any atom is 0.237 e. The molecular formula is C25H34FN3O3. The second-order valence-electron chi connectivity index (χ2n) is 8.16. The van der Waals surface area contributed by atoms with Crippen LogP contribution >= 0.6 is 0 Å². The smallest absolute Gasteiger partial charge is 0.237 e. The lowest BCUT2D eigenvalue weighted by molar-refractivity contribution is -0.125. The lowest BCUT2D eigenvalue weighted by Gasteiger charge is -2.27. The summed E-state index contributed by atoms with van der Waals surface area (Å²) in [7, 11) is 3.23. The van der Waals surface area contributed by atoms with Crippen LogP contribution in [0.2, 0.25) is 0 Å². The van der Waals surface area contributed by atoms with Crippen molar-refractivity contribution in [1.82, 2.24) is 15.1 Å². The molecule has 0 bridgehead atoms. The molecule has 1 fully saturated rings. The summed E-state index contributed by atoms with van der Waals surface area (Å²) >= 11 is 0. The van der Waals surface area contributed by atoms with E-state index in [4.69, 9.17) is 9.47 Å². The molecule has 1 amide bonds. The number of nitrogens with one attached hydrogen (secondary N) is 1. The number of benzene rings is 2. The van der Waals surface area contributed by atoms with E-state index in [2.05, 4.69) is 15.1 Å². The second kappa shape index (κ2) is 11.8. The Morgan fingerprint density at radius 3 is 2.59 bits per heavy atom. The highest BCUT2D eigenvalue weighted by Crippen LogP contribution is 2.27. The summed E-state index contributed by atoms with van der Waals surface area (Å²) in [6.45, 7) is 6.49. The van der Waals surface area contributed by atoms with Gasteiger partial charge in [-0.3, -0.25) is 14.6 Å². The standard InChI is InChI=1S/C25H34FN3O3/c1-19(25(30)27-12-11-20-9-10-23(31-2)24(17-20)32-3)29-14-6-13-28(15-16-29)18-21-7-4-5-8-22(21)26/h4-5,7-10,17,19H,6,11-16,18H2,1-3H3,(H,27,30). The van der Waals surface area contributed by atoms with Crippen molar-refractivity contribution >= 4 is 5.91 Å². The van der Waals surface area contributed by atoms with E-state index in [0.29, 0.717) is 24.6 Å². The van der Waals surface area contributed by atoms with Gasteiger partial charge in [-0.15, -0.1) is 0 Å². The summed E-state index contributed by atoms with van der Waals surface area (Å²) in [6.07, 6.45) is 1.67. The van der Waals surface area contributed by atoms with Crippen LogP contribution in [0.25, 0.3) is 0 Å². The SMILES string of the molecule is COc1ccc(CCNC(=O)C(C)N2CCCN(Cc3ccccc3F)CC2)cc1OC. The van der Waals surface area contributed by atoms with Gasteiger partial charge in [0.2, 0.25) is 5.91 Å². The Kier molecular flexibility index (Phi) is 8.88. The van der Waals surface area contributed by atoms with Crippen molar-refractivity contribution in [3.8, 4) is 11.5 Å². The third kappa shape index (κ3) is 6.43. The molecular weight excluding hydrogens is 409 g/mol. The number of hydrogen-bond acceptors (Lipinski definition) is 5. The van der Waals surface area contributed by atoms with E-state index >= 15 is 0 Å². The summed E-state index contributed by atoms with van der Waals surface area (Å²) < 4.78 is 24.6. The molecule has 0 radical (unpaired) electrons. The van der Waals surface area contributed by atoms with Gasteiger partial charge in [0.25, 0.3) is 0 Å². The fourth-order valence-corrected chi connectivity index (χ4v) is 4.08. The van der Waals surface area contributed by atoms with Crippen molar-refractivity contribution in [2.75, 3.05) is 46.9 Å². The van der Waals surface area contributed by atoms with Crippen molar-refractivity contribution in [2.45, 2.75) is 32.4 Å². The van der Waals surface area contributed by atoms with Crippen molar-refractivity contribution in [3.63, 3.8) is 0 Å². The summed E-state index contributed by atoms with van der Waals surface area (Å²) in [6, 6.07) is 12.5. The van der Waals surface area contributed by atoms with Gasteiger partial charge in [0, 0.05) is 38.3 Å². The molecule has 3 rings (SSSR count). The fraction of sp³-hybridized carbons (Fsp3) is 0.480. The third-order valence-corrected chi connectivity index (χ3v) is 6.06. The summed E-state index contributed by atoms with van der Waals surface area (Å²) in [5, 5.41) is 3.06. The predicted molar refractivity (Wildman–Crippen MR) is 124 cm³/mol. The average Bonchev–Trinajstić information content (AvgIpc) is 3.05. The van der Waals surface area contributed by atoms with Crippen molar-refractivity contribution in [3.05, 3.63) is 59.4 Å². The van der Waals surface area contributed by atoms with E-state index in [1.807, 2.05) is 37.3 Å². The molecule has 1 aliphatic heterocycles. The van der Waals surface area contributed by atoms with Crippen molar-refractivity contribution < 1.29 is 18.7 Å². The molecule has 0 aliphatic carbocycles. The van der Waals surface area contributed by atoms with E-state index < -0.39 is 0 Å². The first-order chi connectivity index (χ1) is 15.5. The number of ether oxygens (including phenoxy) is 2. The van der Waals surface area contributed by atoms with E-state index in [1.54, 1.807) is 20.3 Å². The highest BCUT2D eigenvalue weighted by Gasteiger charge is 2.24. The number of rotatable bonds is 9. The normalized spacial score (nSPS) is 16.2. The first kappa shape index (κ1) is 24.0. The molecule has 0 saturated carbocycles. The number of hydrogen-bond donors (Lipinski definition) is 1. The second-order valence-corrected chi connectivity index (χ2v) is 8.16. The zero-order valence-corrected chi connectivity index (χ0v) is 19.3. The predicted octanol–water partition coefficient (Wildman–Crippen LogP) is 3.10. The number of halogens is 1. The Labute approximate surface area is 190 Å². The molecule has 0 aromatic heterocycles. The molecule has 6 nitrogen and oxygen atoms in total. The molecule has 0 spiro atoms. The van der Waals surface area contributed by atoms with Gasteiger partial charge in [0.15, 0.2) is 11.5 Å². The van der Waals surface area contributed by atoms with Crippen molar-refractivity contribution in [1.29, 1.82) is 0 Å². The van der Waals surface area contributed by atoms with E-state index in [9.17, 15) is 9.18 Å². The van der Waals surface area contributed by atoms with Crippen LogP contribution in [0.4, 0.5) is 4.39 Å². The van der Waals surface area contributed by atoms with E-state index in [0.717, 1.165) is 50.1 Å². The number of carbonyl (C=O) groups excluding carboxylic acids is 1. The molecule has 2 aromatic carbocycles. The van der Waals surface area contributed by atoms with Gasteiger partial charge < -0.3 is 14.8 Å². The minimum absolute atomic E-state index is 0.0352. The lowest BCUT2D eigenvalue weighted by Crippen LogP contribution is -2.46. The van der Waals surface area contributed by atoms with Crippen LogP contribution in [0.15, 0.2) is 42.5 Å². The van der Waals surface area contributed by atoms with Gasteiger partial charge >= 0.3 is 0 Å². The zero-order valence-electron chi connectivity index (χ0n) is 19.3. The summed E-state index contributed by atoms with van der Waals surface area (Å²) in [5.74, 6) is 1.26. The number of carbonyl (C=O) groups is 1. The molecule has 1 saturated heterocycles. The maximum atomic E-state index is 14.0. The van der Waals surface area contributed by atoms with E-state index in [-0.39, 0.29) is 17.8 Å². The van der Waals surface area contributed by atoms with Crippen molar-refractivity contribution in [2.24, 2.45) is 0 Å². The molecule has 174 valence electrons. The van der Waals surface area contributed by atoms with Gasteiger partial charge in [-0.05, 0) is 50.1 Å². The Bertz CT molecular complexity index is 892. The number of nitrogens with zero attached hydrogens (tertiary/aromatic N) is 2. The molecule has 1 atom stereocenters. The van der Waals surface area contributed by atoms with Gasteiger partial charge in [-0.1, -0.05) is 24.3 Å². The van der Waals surface area contributed by atoms with Crippen LogP contribution in [-0.2, 0) is 17.8 Å². The monoisotopic (exact) mass is 443 g/mol. The van der Waals surface area contributed by atoms with Crippen LogP contribution < -0.4 is 14.8 Å². The Morgan fingerprint density at radius 1 is 1.06 bits per heavy atom. The third-order valence-electron chi connectivity index (χ3n) is 6.06. The topological polar surface area (TPSA) is 54.0 Å². The maximum absolute atomic E-state index is 14.0.